The number of carbonyl (C=O) groups is 1. The molecule has 0 bridgehead atoms. The maximum Gasteiger partial charge on any atom is 0.328 e. The summed E-state index contributed by atoms with van der Waals surface area (Å²) in [4.78, 5) is 10.6. The molecular formula is C12H11ClN4O3. The van der Waals surface area contributed by atoms with E-state index in [4.69, 9.17) is 21.4 Å². The van der Waals surface area contributed by atoms with Gasteiger partial charge in [-0.3, -0.25) is 0 Å². The number of methoxy groups -OCH3 is 1. The van der Waals surface area contributed by atoms with Crippen LogP contribution in [0.15, 0.2) is 18.2 Å². The molecule has 1 N–H and O–H groups in total. The Morgan fingerprint density at radius 2 is 2.25 bits per heavy atom. The lowest BCUT2D eigenvalue weighted by atomic mass is 10.2. The fourth-order valence-electron chi connectivity index (χ4n) is 1.59. The van der Waals surface area contributed by atoms with Crippen molar-refractivity contribution >= 4 is 23.6 Å². The molecule has 0 aliphatic rings. The maximum absolute atomic E-state index is 10.6. The van der Waals surface area contributed by atoms with Crippen LogP contribution in [0.5, 0.6) is 5.75 Å². The van der Waals surface area contributed by atoms with Gasteiger partial charge < -0.3 is 9.84 Å². The first-order valence-electron chi connectivity index (χ1n) is 5.57. The van der Waals surface area contributed by atoms with Crippen LogP contribution < -0.4 is 4.74 Å². The molecule has 0 aliphatic carbocycles. The molecule has 1 aromatic heterocycles. The van der Waals surface area contributed by atoms with Gasteiger partial charge in [-0.25, -0.2) is 4.79 Å². The summed E-state index contributed by atoms with van der Waals surface area (Å²) in [5, 5.41) is 20.3. The van der Waals surface area contributed by atoms with Gasteiger partial charge in [-0.2, -0.15) is 4.68 Å². The highest BCUT2D eigenvalue weighted by Crippen LogP contribution is 2.29. The Morgan fingerprint density at radius 1 is 1.50 bits per heavy atom. The van der Waals surface area contributed by atoms with E-state index in [2.05, 4.69) is 15.5 Å². The predicted octanol–water partition coefficient (Wildman–Crippen LogP) is 1.73. The van der Waals surface area contributed by atoms with Crippen LogP contribution in [0.4, 0.5) is 0 Å². The average Bonchev–Trinajstić information content (AvgIpc) is 2.87. The van der Waals surface area contributed by atoms with Gasteiger partial charge in [-0.1, -0.05) is 11.6 Å². The SMILES string of the molecule is COc1cc(Cl)c(C)cc1-n1nnnc1/C=C/C(=O)O. The molecular weight excluding hydrogens is 284 g/mol. The number of hydrogen-bond acceptors (Lipinski definition) is 5. The fraction of sp³-hybridized carbons (Fsp3) is 0.167. The van der Waals surface area contributed by atoms with E-state index in [1.807, 2.05) is 6.92 Å². The normalized spacial score (nSPS) is 10.9. The third-order valence-corrected chi connectivity index (χ3v) is 2.96. The van der Waals surface area contributed by atoms with Gasteiger partial charge in [0.15, 0.2) is 5.82 Å². The van der Waals surface area contributed by atoms with Gasteiger partial charge in [-0.05, 0) is 35.1 Å². The van der Waals surface area contributed by atoms with Crippen molar-refractivity contribution in [2.75, 3.05) is 7.11 Å². The first-order chi connectivity index (χ1) is 9.52. The topological polar surface area (TPSA) is 90.1 Å². The second kappa shape index (κ2) is 5.70. The molecule has 20 heavy (non-hydrogen) atoms. The zero-order valence-corrected chi connectivity index (χ0v) is 11.5. The molecule has 0 saturated carbocycles. The standard InChI is InChI=1S/C12H11ClN4O3/c1-7-5-9(10(20-2)6-8(7)13)17-11(14-15-16-17)3-4-12(18)19/h3-6H,1-2H3,(H,18,19)/b4-3+. The number of rotatable bonds is 4. The molecule has 0 radical (unpaired) electrons. The number of nitrogens with zero attached hydrogens (tertiary/aromatic N) is 4. The van der Waals surface area contributed by atoms with Gasteiger partial charge in [0, 0.05) is 17.2 Å². The molecule has 0 spiro atoms. The van der Waals surface area contributed by atoms with Crippen molar-refractivity contribution in [1.29, 1.82) is 0 Å². The molecule has 0 fully saturated rings. The van der Waals surface area contributed by atoms with Crippen LogP contribution in [-0.4, -0.2) is 38.4 Å². The van der Waals surface area contributed by atoms with E-state index < -0.39 is 5.97 Å². The van der Waals surface area contributed by atoms with Crippen molar-refractivity contribution in [1.82, 2.24) is 20.2 Å². The molecule has 1 heterocycles. The molecule has 0 aliphatic heterocycles. The minimum absolute atomic E-state index is 0.271. The number of carboxylic acids is 1. The number of aromatic nitrogens is 4. The van der Waals surface area contributed by atoms with Crippen molar-refractivity contribution in [3.8, 4) is 11.4 Å². The number of aryl methyl sites for hydroxylation is 1. The molecule has 0 atom stereocenters. The number of carboxylic acid groups (broad SMARTS) is 1. The highest BCUT2D eigenvalue weighted by Gasteiger charge is 2.13. The van der Waals surface area contributed by atoms with Crippen LogP contribution in [0.3, 0.4) is 0 Å². The second-order valence-corrected chi connectivity index (χ2v) is 4.30. The lowest BCUT2D eigenvalue weighted by Crippen LogP contribution is -2.03. The number of ether oxygens (including phenoxy) is 1. The Bertz CT molecular complexity index is 681. The lowest BCUT2D eigenvalue weighted by Gasteiger charge is -2.10. The summed E-state index contributed by atoms with van der Waals surface area (Å²) in [6, 6.07) is 3.41. The van der Waals surface area contributed by atoms with E-state index in [0.29, 0.717) is 16.5 Å². The van der Waals surface area contributed by atoms with Gasteiger partial charge in [-0.15, -0.1) is 5.10 Å². The second-order valence-electron chi connectivity index (χ2n) is 3.89. The van der Waals surface area contributed by atoms with Gasteiger partial charge in [0.05, 0.1) is 7.11 Å². The summed E-state index contributed by atoms with van der Waals surface area (Å²) in [7, 11) is 1.50. The summed E-state index contributed by atoms with van der Waals surface area (Å²) in [5.41, 5.74) is 1.40. The van der Waals surface area contributed by atoms with E-state index in [9.17, 15) is 4.79 Å². The molecule has 0 amide bonds. The molecule has 2 rings (SSSR count). The van der Waals surface area contributed by atoms with Crippen LogP contribution in [0.25, 0.3) is 11.8 Å². The number of tetrazole rings is 1. The average molecular weight is 295 g/mol. The Kier molecular flexibility index (Phi) is 3.99. The van der Waals surface area contributed by atoms with Gasteiger partial charge >= 0.3 is 5.97 Å². The van der Waals surface area contributed by atoms with E-state index in [0.717, 1.165) is 11.6 Å². The number of benzene rings is 1. The monoisotopic (exact) mass is 294 g/mol. The Balaban J connectivity index is 2.55. The Hall–Kier alpha value is -2.41. The summed E-state index contributed by atoms with van der Waals surface area (Å²) >= 11 is 6.04. The minimum Gasteiger partial charge on any atom is -0.494 e. The number of hydrogen-bond donors (Lipinski definition) is 1. The molecule has 104 valence electrons. The lowest BCUT2D eigenvalue weighted by molar-refractivity contribution is -0.131. The van der Waals surface area contributed by atoms with Crippen molar-refractivity contribution in [3.63, 3.8) is 0 Å². The molecule has 1 aromatic carbocycles. The third kappa shape index (κ3) is 2.77. The van der Waals surface area contributed by atoms with E-state index >= 15 is 0 Å². The zero-order chi connectivity index (χ0) is 14.7. The molecule has 0 saturated heterocycles. The van der Waals surface area contributed by atoms with Gasteiger partial charge in [0.25, 0.3) is 0 Å². The van der Waals surface area contributed by atoms with E-state index in [-0.39, 0.29) is 5.82 Å². The summed E-state index contributed by atoms with van der Waals surface area (Å²) in [6.07, 6.45) is 2.25. The quantitative estimate of drug-likeness (QED) is 0.864. The largest absolute Gasteiger partial charge is 0.494 e. The van der Waals surface area contributed by atoms with Crippen molar-refractivity contribution in [2.24, 2.45) is 0 Å². The smallest absolute Gasteiger partial charge is 0.328 e. The number of aliphatic carboxylic acids is 1. The van der Waals surface area contributed by atoms with Crippen LogP contribution >= 0.6 is 11.6 Å². The summed E-state index contributed by atoms with van der Waals surface area (Å²) < 4.78 is 6.62. The van der Waals surface area contributed by atoms with Crippen LogP contribution in [-0.2, 0) is 4.79 Å². The van der Waals surface area contributed by atoms with Crippen molar-refractivity contribution in [2.45, 2.75) is 6.92 Å². The first-order valence-corrected chi connectivity index (χ1v) is 5.94. The Morgan fingerprint density at radius 3 is 2.90 bits per heavy atom. The van der Waals surface area contributed by atoms with Crippen molar-refractivity contribution < 1.29 is 14.6 Å². The molecule has 7 nitrogen and oxygen atoms in total. The minimum atomic E-state index is -1.08. The van der Waals surface area contributed by atoms with Gasteiger partial charge in [0.2, 0.25) is 0 Å². The van der Waals surface area contributed by atoms with Crippen molar-refractivity contribution in [3.05, 3.63) is 34.6 Å². The van der Waals surface area contributed by atoms with E-state index in [1.165, 1.54) is 17.9 Å². The summed E-state index contributed by atoms with van der Waals surface area (Å²) in [5.74, 6) is -0.330. The van der Waals surface area contributed by atoms with E-state index in [1.54, 1.807) is 12.1 Å². The molecule has 0 unspecified atom stereocenters. The summed E-state index contributed by atoms with van der Waals surface area (Å²) in [6.45, 7) is 1.84. The zero-order valence-electron chi connectivity index (χ0n) is 10.7. The maximum atomic E-state index is 10.6. The predicted molar refractivity (Wildman–Crippen MR) is 72.1 cm³/mol. The molecule has 2 aromatic rings. The fourth-order valence-corrected chi connectivity index (χ4v) is 1.75. The van der Waals surface area contributed by atoms with Crippen LogP contribution in [0, 0.1) is 6.92 Å². The Labute approximate surface area is 119 Å². The van der Waals surface area contributed by atoms with Crippen LogP contribution in [0.1, 0.15) is 11.4 Å². The number of halogens is 1. The highest BCUT2D eigenvalue weighted by molar-refractivity contribution is 6.31. The third-order valence-electron chi connectivity index (χ3n) is 2.56. The van der Waals surface area contributed by atoms with Gasteiger partial charge in [0.1, 0.15) is 11.4 Å². The van der Waals surface area contributed by atoms with Crippen LogP contribution in [0.2, 0.25) is 5.02 Å². The highest BCUT2D eigenvalue weighted by atomic mass is 35.5. The first kappa shape index (κ1) is 14.0. The molecule has 8 heteroatoms.